The van der Waals surface area contributed by atoms with Crippen LogP contribution in [0.15, 0.2) is 18.2 Å². The minimum Gasteiger partial charge on any atom is -0.385 e. The first-order chi connectivity index (χ1) is 11.6. The number of hydrogen-bond donors (Lipinski definition) is 2. The average molecular weight is 332 g/mol. The number of anilines is 1. The Morgan fingerprint density at radius 2 is 1.75 bits per heavy atom. The highest BCUT2D eigenvalue weighted by atomic mass is 16.5. The molecule has 1 saturated carbocycles. The molecule has 2 N–H and O–H groups in total. The second-order valence-corrected chi connectivity index (χ2v) is 6.23. The molecule has 2 unspecified atom stereocenters. The Hall–Kier alpha value is -1.88. The van der Waals surface area contributed by atoms with Crippen LogP contribution in [-0.4, -0.2) is 32.1 Å². The fraction of sp³-hybridized carbons (Fsp3) is 0.579. The number of para-hydroxylation sites is 1. The lowest BCUT2D eigenvalue weighted by Crippen LogP contribution is -2.29. The molecule has 5 heteroatoms. The van der Waals surface area contributed by atoms with Crippen LogP contribution in [0.5, 0.6) is 0 Å². The normalized spacial score (nSPS) is 19.0. The molecule has 1 aliphatic rings. The SMILES string of the molecule is CCc1cccc(CC)c1NC(=O)C1CC1C(=O)NCCCOC. The van der Waals surface area contributed by atoms with E-state index in [0.717, 1.165) is 36.1 Å². The second-order valence-electron chi connectivity index (χ2n) is 6.23. The van der Waals surface area contributed by atoms with Crippen LogP contribution >= 0.6 is 0 Å². The third kappa shape index (κ3) is 4.57. The summed E-state index contributed by atoms with van der Waals surface area (Å²) in [5.74, 6) is -0.457. The molecule has 0 aliphatic heterocycles. The largest absolute Gasteiger partial charge is 0.385 e. The van der Waals surface area contributed by atoms with Crippen molar-refractivity contribution in [3.8, 4) is 0 Å². The van der Waals surface area contributed by atoms with Crippen LogP contribution in [0.3, 0.4) is 0 Å². The molecule has 1 fully saturated rings. The van der Waals surface area contributed by atoms with Crippen molar-refractivity contribution in [2.45, 2.75) is 39.5 Å². The number of ether oxygens (including phenoxy) is 1. The van der Waals surface area contributed by atoms with Crippen molar-refractivity contribution in [2.24, 2.45) is 11.8 Å². The van der Waals surface area contributed by atoms with Gasteiger partial charge >= 0.3 is 0 Å². The van der Waals surface area contributed by atoms with Crippen LogP contribution in [0.1, 0.15) is 37.8 Å². The van der Waals surface area contributed by atoms with Crippen molar-refractivity contribution < 1.29 is 14.3 Å². The maximum Gasteiger partial charge on any atom is 0.228 e. The van der Waals surface area contributed by atoms with E-state index in [2.05, 4.69) is 24.5 Å². The van der Waals surface area contributed by atoms with Crippen molar-refractivity contribution in [1.82, 2.24) is 5.32 Å². The van der Waals surface area contributed by atoms with Gasteiger partial charge in [-0.2, -0.15) is 0 Å². The lowest BCUT2D eigenvalue weighted by Gasteiger charge is -2.14. The van der Waals surface area contributed by atoms with Crippen LogP contribution in [0.25, 0.3) is 0 Å². The number of carbonyl (C=O) groups excluding carboxylic acids is 2. The summed E-state index contributed by atoms with van der Waals surface area (Å²) in [6.07, 6.45) is 3.17. The highest BCUT2D eigenvalue weighted by Gasteiger charge is 2.48. The molecule has 2 rings (SSSR count). The number of aryl methyl sites for hydroxylation is 2. The smallest absolute Gasteiger partial charge is 0.228 e. The first kappa shape index (κ1) is 18.5. The van der Waals surface area contributed by atoms with Gasteiger partial charge in [-0.1, -0.05) is 32.0 Å². The predicted molar refractivity (Wildman–Crippen MR) is 94.9 cm³/mol. The van der Waals surface area contributed by atoms with Crippen molar-refractivity contribution in [3.05, 3.63) is 29.3 Å². The van der Waals surface area contributed by atoms with Crippen LogP contribution in [0.4, 0.5) is 5.69 Å². The Morgan fingerprint density at radius 3 is 2.33 bits per heavy atom. The van der Waals surface area contributed by atoms with E-state index in [0.29, 0.717) is 19.6 Å². The Morgan fingerprint density at radius 1 is 1.12 bits per heavy atom. The molecule has 0 bridgehead atoms. The zero-order valence-corrected chi connectivity index (χ0v) is 14.9. The summed E-state index contributed by atoms with van der Waals surface area (Å²) in [5, 5.41) is 5.94. The molecule has 24 heavy (non-hydrogen) atoms. The fourth-order valence-electron chi connectivity index (χ4n) is 2.95. The molecular formula is C19H28N2O3. The molecule has 0 spiro atoms. The number of hydrogen-bond acceptors (Lipinski definition) is 3. The lowest BCUT2D eigenvalue weighted by molar-refractivity contribution is -0.125. The van der Waals surface area contributed by atoms with Gasteiger partial charge in [0.05, 0.1) is 11.8 Å². The third-order valence-electron chi connectivity index (χ3n) is 4.54. The summed E-state index contributed by atoms with van der Waals surface area (Å²) >= 11 is 0. The number of methoxy groups -OCH3 is 1. The van der Waals surface area contributed by atoms with Crippen molar-refractivity contribution >= 4 is 17.5 Å². The van der Waals surface area contributed by atoms with Gasteiger partial charge in [-0.05, 0) is 36.8 Å². The van der Waals surface area contributed by atoms with Crippen LogP contribution in [0, 0.1) is 11.8 Å². The summed E-state index contributed by atoms with van der Waals surface area (Å²) in [5.41, 5.74) is 3.21. The van der Waals surface area contributed by atoms with E-state index in [-0.39, 0.29) is 23.7 Å². The monoisotopic (exact) mass is 332 g/mol. The molecule has 1 aromatic rings. The van der Waals surface area contributed by atoms with E-state index >= 15 is 0 Å². The summed E-state index contributed by atoms with van der Waals surface area (Å²) in [4.78, 5) is 24.5. The molecular weight excluding hydrogens is 304 g/mol. The van der Waals surface area contributed by atoms with Gasteiger partial charge in [-0.3, -0.25) is 9.59 Å². The Balaban J connectivity index is 1.90. The minimum absolute atomic E-state index is 0.0225. The molecule has 2 amide bonds. The van der Waals surface area contributed by atoms with E-state index in [1.165, 1.54) is 0 Å². The first-order valence-corrected chi connectivity index (χ1v) is 8.80. The summed E-state index contributed by atoms with van der Waals surface area (Å²) < 4.78 is 4.95. The number of benzene rings is 1. The van der Waals surface area contributed by atoms with Gasteiger partial charge in [0.1, 0.15) is 0 Å². The Labute approximate surface area is 144 Å². The van der Waals surface area contributed by atoms with Crippen molar-refractivity contribution in [3.63, 3.8) is 0 Å². The van der Waals surface area contributed by atoms with Gasteiger partial charge in [-0.15, -0.1) is 0 Å². The van der Waals surface area contributed by atoms with E-state index in [9.17, 15) is 9.59 Å². The van der Waals surface area contributed by atoms with Gasteiger partial charge in [-0.25, -0.2) is 0 Å². The lowest BCUT2D eigenvalue weighted by atomic mass is 10.0. The highest BCUT2D eigenvalue weighted by molar-refractivity contribution is 6.00. The van der Waals surface area contributed by atoms with Gasteiger partial charge in [0, 0.05) is 25.9 Å². The zero-order valence-electron chi connectivity index (χ0n) is 14.9. The molecule has 1 aliphatic carbocycles. The van der Waals surface area contributed by atoms with Gasteiger partial charge in [0.2, 0.25) is 11.8 Å². The van der Waals surface area contributed by atoms with Crippen LogP contribution in [0.2, 0.25) is 0 Å². The van der Waals surface area contributed by atoms with E-state index in [1.807, 2.05) is 18.2 Å². The molecule has 5 nitrogen and oxygen atoms in total. The van der Waals surface area contributed by atoms with E-state index in [4.69, 9.17) is 4.74 Å². The van der Waals surface area contributed by atoms with Crippen LogP contribution < -0.4 is 10.6 Å². The van der Waals surface area contributed by atoms with Crippen molar-refractivity contribution in [2.75, 3.05) is 25.6 Å². The summed E-state index contributed by atoms with van der Waals surface area (Å²) in [6.45, 7) is 5.38. The number of carbonyl (C=O) groups is 2. The maximum atomic E-state index is 12.5. The van der Waals surface area contributed by atoms with Gasteiger partial charge in [0.25, 0.3) is 0 Å². The molecule has 0 aromatic heterocycles. The minimum atomic E-state index is -0.206. The van der Waals surface area contributed by atoms with E-state index in [1.54, 1.807) is 7.11 Å². The molecule has 0 radical (unpaired) electrons. The van der Waals surface area contributed by atoms with Crippen molar-refractivity contribution in [1.29, 1.82) is 0 Å². The fourth-order valence-corrected chi connectivity index (χ4v) is 2.95. The average Bonchev–Trinajstić information content (AvgIpc) is 3.39. The molecule has 0 saturated heterocycles. The summed E-state index contributed by atoms with van der Waals surface area (Å²) in [7, 11) is 1.64. The number of nitrogens with one attached hydrogen (secondary N) is 2. The van der Waals surface area contributed by atoms with Gasteiger partial charge in [0.15, 0.2) is 0 Å². The zero-order chi connectivity index (χ0) is 17.5. The quantitative estimate of drug-likeness (QED) is 0.683. The van der Waals surface area contributed by atoms with E-state index < -0.39 is 0 Å². The standard InChI is InChI=1S/C19H28N2O3/c1-4-13-8-6-9-14(5-2)17(13)21-19(23)16-12-15(16)18(22)20-10-7-11-24-3/h6,8-9,15-16H,4-5,7,10-12H2,1-3H3,(H,20,22)(H,21,23). The number of amides is 2. The molecule has 132 valence electrons. The Bertz CT molecular complexity index is 564. The first-order valence-electron chi connectivity index (χ1n) is 8.80. The molecule has 0 heterocycles. The topological polar surface area (TPSA) is 67.4 Å². The summed E-state index contributed by atoms with van der Waals surface area (Å²) in [6, 6.07) is 6.12. The van der Waals surface area contributed by atoms with Crippen LogP contribution in [-0.2, 0) is 27.2 Å². The molecule has 1 aromatic carbocycles. The second kappa shape index (κ2) is 8.83. The predicted octanol–water partition coefficient (Wildman–Crippen LogP) is 2.54. The molecule has 2 atom stereocenters. The third-order valence-corrected chi connectivity index (χ3v) is 4.54. The number of rotatable bonds is 9. The Kier molecular flexibility index (Phi) is 6.79. The highest BCUT2D eigenvalue weighted by Crippen LogP contribution is 2.40. The maximum absolute atomic E-state index is 12.5. The van der Waals surface area contributed by atoms with Gasteiger partial charge < -0.3 is 15.4 Å².